The first-order chi connectivity index (χ1) is 8.95. The van der Waals surface area contributed by atoms with E-state index in [0.29, 0.717) is 18.9 Å². The third kappa shape index (κ3) is 4.93. The molecule has 0 spiro atoms. The van der Waals surface area contributed by atoms with Crippen LogP contribution >= 0.6 is 15.9 Å². The SMILES string of the molecule is COCc1c(Br)cccc1NC(=O)[C@@H](N)CC(C)C. The third-order valence-electron chi connectivity index (χ3n) is 2.73. The Morgan fingerprint density at radius 3 is 2.74 bits per heavy atom. The number of nitrogens with one attached hydrogen (secondary N) is 1. The molecule has 1 aromatic carbocycles. The molecule has 0 aromatic heterocycles. The molecule has 0 unspecified atom stereocenters. The molecule has 0 aliphatic carbocycles. The maximum Gasteiger partial charge on any atom is 0.241 e. The number of amides is 1. The number of benzene rings is 1. The van der Waals surface area contributed by atoms with Gasteiger partial charge in [-0.1, -0.05) is 35.8 Å². The van der Waals surface area contributed by atoms with Gasteiger partial charge in [0.15, 0.2) is 0 Å². The summed E-state index contributed by atoms with van der Waals surface area (Å²) in [5.41, 5.74) is 7.52. The van der Waals surface area contributed by atoms with Crippen molar-refractivity contribution in [3.05, 3.63) is 28.2 Å². The number of carbonyl (C=O) groups is 1. The number of carbonyl (C=O) groups excluding carboxylic acids is 1. The van der Waals surface area contributed by atoms with Crippen molar-refractivity contribution in [1.29, 1.82) is 0 Å². The fourth-order valence-electron chi connectivity index (χ4n) is 1.81. The molecule has 19 heavy (non-hydrogen) atoms. The third-order valence-corrected chi connectivity index (χ3v) is 3.47. The van der Waals surface area contributed by atoms with Crippen LogP contribution in [0.2, 0.25) is 0 Å². The molecular formula is C14H21BrN2O2. The van der Waals surface area contributed by atoms with Crippen molar-refractivity contribution in [3.8, 4) is 0 Å². The summed E-state index contributed by atoms with van der Waals surface area (Å²) < 4.78 is 6.05. The summed E-state index contributed by atoms with van der Waals surface area (Å²) in [4.78, 5) is 12.0. The van der Waals surface area contributed by atoms with Gasteiger partial charge in [-0.2, -0.15) is 0 Å². The lowest BCUT2D eigenvalue weighted by atomic mass is 10.0. The quantitative estimate of drug-likeness (QED) is 0.843. The Labute approximate surface area is 122 Å². The van der Waals surface area contributed by atoms with Gasteiger partial charge in [-0.05, 0) is 24.5 Å². The highest BCUT2D eigenvalue weighted by molar-refractivity contribution is 9.10. The van der Waals surface area contributed by atoms with Crippen molar-refractivity contribution in [2.75, 3.05) is 12.4 Å². The van der Waals surface area contributed by atoms with Gasteiger partial charge < -0.3 is 15.8 Å². The van der Waals surface area contributed by atoms with Crippen LogP contribution < -0.4 is 11.1 Å². The van der Waals surface area contributed by atoms with Gasteiger partial charge in [-0.3, -0.25) is 4.79 Å². The van der Waals surface area contributed by atoms with E-state index in [9.17, 15) is 4.79 Å². The van der Waals surface area contributed by atoms with Crippen molar-refractivity contribution < 1.29 is 9.53 Å². The summed E-state index contributed by atoms with van der Waals surface area (Å²) in [5, 5.41) is 2.87. The summed E-state index contributed by atoms with van der Waals surface area (Å²) in [5.74, 6) is 0.228. The summed E-state index contributed by atoms with van der Waals surface area (Å²) in [6.45, 7) is 4.52. The molecule has 5 heteroatoms. The van der Waals surface area contributed by atoms with E-state index in [1.54, 1.807) is 7.11 Å². The Bertz CT molecular complexity index is 435. The Hall–Kier alpha value is -0.910. The number of anilines is 1. The van der Waals surface area contributed by atoms with E-state index >= 15 is 0 Å². The van der Waals surface area contributed by atoms with E-state index in [0.717, 1.165) is 15.7 Å². The fourth-order valence-corrected chi connectivity index (χ4v) is 2.29. The second-order valence-electron chi connectivity index (χ2n) is 4.92. The second kappa shape index (κ2) is 7.62. The van der Waals surface area contributed by atoms with Crippen molar-refractivity contribution in [1.82, 2.24) is 0 Å². The molecule has 0 saturated heterocycles. The van der Waals surface area contributed by atoms with Crippen molar-refractivity contribution >= 4 is 27.5 Å². The Balaban J connectivity index is 2.81. The van der Waals surface area contributed by atoms with Gasteiger partial charge in [0, 0.05) is 22.8 Å². The standard InChI is InChI=1S/C14H21BrN2O2/c1-9(2)7-12(16)14(18)17-13-6-4-5-11(15)10(13)8-19-3/h4-6,9,12H,7-8,16H2,1-3H3,(H,17,18)/t12-/m0/s1. The molecule has 4 nitrogen and oxygen atoms in total. The van der Waals surface area contributed by atoms with Crippen LogP contribution in [0.25, 0.3) is 0 Å². The Morgan fingerprint density at radius 2 is 2.16 bits per heavy atom. The number of hydrogen-bond donors (Lipinski definition) is 2. The molecule has 0 fully saturated rings. The average Bonchev–Trinajstić information content (AvgIpc) is 2.32. The lowest BCUT2D eigenvalue weighted by Gasteiger charge is -2.16. The first-order valence-electron chi connectivity index (χ1n) is 6.28. The molecule has 1 aromatic rings. The predicted octanol–water partition coefficient (Wildman–Crippen LogP) is 2.91. The number of ether oxygens (including phenoxy) is 1. The molecule has 1 atom stereocenters. The molecule has 0 bridgehead atoms. The minimum absolute atomic E-state index is 0.163. The monoisotopic (exact) mass is 328 g/mol. The van der Waals surface area contributed by atoms with Crippen molar-refractivity contribution in [3.63, 3.8) is 0 Å². The van der Waals surface area contributed by atoms with Crippen molar-refractivity contribution in [2.24, 2.45) is 11.7 Å². The molecule has 0 aliphatic heterocycles. The normalized spacial score (nSPS) is 12.5. The first kappa shape index (κ1) is 16.1. The van der Waals surface area contributed by atoms with Gasteiger partial charge >= 0.3 is 0 Å². The van der Waals surface area contributed by atoms with Gasteiger partial charge in [-0.25, -0.2) is 0 Å². The number of rotatable bonds is 6. The van der Waals surface area contributed by atoms with Crippen LogP contribution in [0.5, 0.6) is 0 Å². The smallest absolute Gasteiger partial charge is 0.241 e. The number of halogens is 1. The minimum atomic E-state index is -0.491. The molecule has 1 rings (SSSR count). The molecule has 1 amide bonds. The van der Waals surface area contributed by atoms with E-state index in [2.05, 4.69) is 21.2 Å². The van der Waals surface area contributed by atoms with Crippen LogP contribution in [0.4, 0.5) is 5.69 Å². The van der Waals surface area contributed by atoms with Gasteiger partial charge in [0.25, 0.3) is 0 Å². The zero-order chi connectivity index (χ0) is 14.4. The first-order valence-corrected chi connectivity index (χ1v) is 7.07. The zero-order valence-corrected chi connectivity index (χ0v) is 13.2. The maximum atomic E-state index is 12.0. The summed E-state index contributed by atoms with van der Waals surface area (Å²) >= 11 is 3.45. The van der Waals surface area contributed by atoms with Crippen LogP contribution in [0.3, 0.4) is 0 Å². The Kier molecular flexibility index (Phi) is 6.48. The molecule has 106 valence electrons. The summed E-state index contributed by atoms with van der Waals surface area (Å²) in [6, 6.07) is 5.14. The highest BCUT2D eigenvalue weighted by Crippen LogP contribution is 2.25. The van der Waals surface area contributed by atoms with E-state index in [1.165, 1.54) is 0 Å². The Morgan fingerprint density at radius 1 is 1.47 bits per heavy atom. The van der Waals surface area contributed by atoms with Crippen molar-refractivity contribution in [2.45, 2.75) is 32.9 Å². The second-order valence-corrected chi connectivity index (χ2v) is 5.78. The van der Waals surface area contributed by atoms with Crippen LogP contribution in [-0.2, 0) is 16.1 Å². The number of nitrogens with two attached hydrogens (primary N) is 1. The molecular weight excluding hydrogens is 308 g/mol. The maximum absolute atomic E-state index is 12.0. The molecule has 3 N–H and O–H groups in total. The predicted molar refractivity (Wildman–Crippen MR) is 80.9 cm³/mol. The molecule has 0 radical (unpaired) electrons. The molecule has 0 saturated carbocycles. The number of hydrogen-bond acceptors (Lipinski definition) is 3. The summed E-state index contributed by atoms with van der Waals surface area (Å²) in [7, 11) is 1.62. The van der Waals surface area contributed by atoms with Crippen LogP contribution in [0, 0.1) is 5.92 Å². The van der Waals surface area contributed by atoms with Crippen LogP contribution in [0.15, 0.2) is 22.7 Å². The highest BCUT2D eigenvalue weighted by atomic mass is 79.9. The van der Waals surface area contributed by atoms with Gasteiger partial charge in [-0.15, -0.1) is 0 Å². The lowest BCUT2D eigenvalue weighted by Crippen LogP contribution is -2.36. The van der Waals surface area contributed by atoms with Crippen LogP contribution in [0.1, 0.15) is 25.8 Å². The number of methoxy groups -OCH3 is 1. The van der Waals surface area contributed by atoms with Gasteiger partial charge in [0.2, 0.25) is 5.91 Å². The van der Waals surface area contributed by atoms with Gasteiger partial charge in [0.1, 0.15) is 0 Å². The largest absolute Gasteiger partial charge is 0.380 e. The van der Waals surface area contributed by atoms with E-state index < -0.39 is 6.04 Å². The molecule has 0 heterocycles. The highest BCUT2D eigenvalue weighted by Gasteiger charge is 2.17. The minimum Gasteiger partial charge on any atom is -0.380 e. The fraction of sp³-hybridized carbons (Fsp3) is 0.500. The van der Waals surface area contributed by atoms with Crippen LogP contribution in [-0.4, -0.2) is 19.1 Å². The van der Waals surface area contributed by atoms with E-state index in [-0.39, 0.29) is 5.91 Å². The van der Waals surface area contributed by atoms with E-state index in [4.69, 9.17) is 10.5 Å². The summed E-state index contributed by atoms with van der Waals surface area (Å²) in [6.07, 6.45) is 0.666. The molecule has 0 aliphatic rings. The van der Waals surface area contributed by atoms with E-state index in [1.807, 2.05) is 32.0 Å². The zero-order valence-electron chi connectivity index (χ0n) is 11.6. The topological polar surface area (TPSA) is 64.3 Å². The van der Waals surface area contributed by atoms with Gasteiger partial charge in [0.05, 0.1) is 12.6 Å². The average molecular weight is 329 g/mol. The lowest BCUT2D eigenvalue weighted by molar-refractivity contribution is -0.117.